The molecule has 0 aliphatic rings. The van der Waals surface area contributed by atoms with Gasteiger partial charge in [-0.05, 0) is 34.0 Å². The zero-order valence-corrected chi connectivity index (χ0v) is 17.5. The van der Waals surface area contributed by atoms with Crippen molar-refractivity contribution in [1.82, 2.24) is 5.32 Å². The summed E-state index contributed by atoms with van der Waals surface area (Å²) in [5.74, 6) is 0.198. The minimum Gasteiger partial charge on any atom is -0.488 e. The summed E-state index contributed by atoms with van der Waals surface area (Å²) in [6.45, 7) is 0.742. The second-order valence-corrected chi connectivity index (χ2v) is 7.30. The molecular weight excluding hydrogens is 396 g/mol. The topological polar surface area (TPSA) is 62.1 Å². The van der Waals surface area contributed by atoms with Crippen molar-refractivity contribution in [1.29, 1.82) is 5.26 Å². The molecule has 0 heterocycles. The quantitative estimate of drug-likeness (QED) is 0.312. The predicted octanol–water partition coefficient (Wildman–Crippen LogP) is 5.64. The van der Waals surface area contributed by atoms with Crippen molar-refractivity contribution in [3.05, 3.63) is 119 Å². The molecule has 0 saturated heterocycles. The smallest absolute Gasteiger partial charge is 0.262 e. The van der Waals surface area contributed by atoms with Crippen LogP contribution in [0, 0.1) is 11.3 Å². The second kappa shape index (κ2) is 10.1. The van der Waals surface area contributed by atoms with E-state index in [0.29, 0.717) is 24.5 Å². The van der Waals surface area contributed by atoms with Crippen LogP contribution in [0.3, 0.4) is 0 Å². The zero-order valence-electron chi connectivity index (χ0n) is 17.5. The Bertz CT molecular complexity index is 1300. The highest BCUT2D eigenvalue weighted by molar-refractivity contribution is 6.01. The Morgan fingerprint density at radius 1 is 0.875 bits per heavy atom. The molecule has 4 heteroatoms. The molecule has 0 atom stereocenters. The Balaban J connectivity index is 1.51. The average Bonchev–Trinajstić information content (AvgIpc) is 2.85. The van der Waals surface area contributed by atoms with Crippen molar-refractivity contribution in [3.63, 3.8) is 0 Å². The molecule has 4 nitrogen and oxygen atoms in total. The molecule has 0 unspecified atom stereocenters. The normalized spacial score (nSPS) is 11.0. The van der Waals surface area contributed by atoms with Crippen LogP contribution in [0.5, 0.6) is 5.75 Å². The fraction of sp³-hybridized carbons (Fsp3) is 0.0714. The first-order valence-electron chi connectivity index (χ1n) is 10.4. The van der Waals surface area contributed by atoms with Gasteiger partial charge in [0.15, 0.2) is 0 Å². The minimum atomic E-state index is -0.416. The molecule has 32 heavy (non-hydrogen) atoms. The lowest BCUT2D eigenvalue weighted by Crippen LogP contribution is -2.23. The first-order valence-corrected chi connectivity index (χ1v) is 10.4. The molecule has 4 aromatic carbocycles. The van der Waals surface area contributed by atoms with E-state index in [-0.39, 0.29) is 5.57 Å². The summed E-state index contributed by atoms with van der Waals surface area (Å²) >= 11 is 0. The van der Waals surface area contributed by atoms with Crippen molar-refractivity contribution < 1.29 is 9.53 Å². The van der Waals surface area contributed by atoms with Crippen LogP contribution in [0.25, 0.3) is 16.8 Å². The highest BCUT2D eigenvalue weighted by Crippen LogP contribution is 2.24. The first kappa shape index (κ1) is 20.9. The summed E-state index contributed by atoms with van der Waals surface area (Å²) in [6, 6.07) is 33.3. The molecule has 0 radical (unpaired) electrons. The van der Waals surface area contributed by atoms with Crippen LogP contribution < -0.4 is 10.1 Å². The zero-order chi connectivity index (χ0) is 22.2. The minimum absolute atomic E-state index is 0.0298. The summed E-state index contributed by atoms with van der Waals surface area (Å²) in [7, 11) is 0. The number of para-hydroxylation sites is 1. The Hall–Kier alpha value is -4.36. The van der Waals surface area contributed by atoms with Gasteiger partial charge in [-0.2, -0.15) is 5.26 Å². The lowest BCUT2D eigenvalue weighted by Gasteiger charge is -2.12. The number of carbonyl (C=O) groups excluding carboxylic acids is 1. The Morgan fingerprint density at radius 3 is 2.44 bits per heavy atom. The van der Waals surface area contributed by atoms with Crippen LogP contribution in [0.15, 0.2) is 103 Å². The number of fused-ring (bicyclic) bond motifs is 1. The number of carbonyl (C=O) groups is 1. The summed E-state index contributed by atoms with van der Waals surface area (Å²) in [4.78, 5) is 12.5. The van der Waals surface area contributed by atoms with Crippen molar-refractivity contribution in [2.24, 2.45) is 0 Å². The third kappa shape index (κ3) is 5.03. The van der Waals surface area contributed by atoms with Crippen molar-refractivity contribution in [2.45, 2.75) is 13.2 Å². The lowest BCUT2D eigenvalue weighted by atomic mass is 10.1. The van der Waals surface area contributed by atoms with E-state index in [1.165, 1.54) is 0 Å². The Morgan fingerprint density at radius 2 is 1.59 bits per heavy atom. The van der Waals surface area contributed by atoms with Crippen molar-refractivity contribution in [3.8, 4) is 11.8 Å². The summed E-state index contributed by atoms with van der Waals surface area (Å²) < 4.78 is 6.10. The van der Waals surface area contributed by atoms with E-state index in [0.717, 1.165) is 21.9 Å². The van der Waals surface area contributed by atoms with Crippen molar-refractivity contribution >= 4 is 22.8 Å². The molecule has 1 N–H and O–H groups in total. The Labute approximate surface area is 187 Å². The predicted molar refractivity (Wildman–Crippen MR) is 127 cm³/mol. The molecular formula is C28H22N2O2. The molecule has 0 fully saturated rings. The van der Waals surface area contributed by atoms with Crippen LogP contribution in [-0.4, -0.2) is 5.91 Å². The second-order valence-electron chi connectivity index (χ2n) is 7.30. The number of nitrogens with zero attached hydrogens (tertiary/aromatic N) is 1. The van der Waals surface area contributed by atoms with Gasteiger partial charge in [-0.15, -0.1) is 0 Å². The van der Waals surface area contributed by atoms with Gasteiger partial charge in [0.25, 0.3) is 5.91 Å². The number of amides is 1. The van der Waals surface area contributed by atoms with Crippen LogP contribution >= 0.6 is 0 Å². The van der Waals surface area contributed by atoms with Gasteiger partial charge in [-0.25, -0.2) is 0 Å². The maximum absolute atomic E-state index is 12.5. The lowest BCUT2D eigenvalue weighted by molar-refractivity contribution is -0.117. The number of benzene rings is 4. The van der Waals surface area contributed by atoms with E-state index < -0.39 is 5.91 Å². The van der Waals surface area contributed by atoms with Crippen LogP contribution in [0.4, 0.5) is 0 Å². The fourth-order valence-corrected chi connectivity index (χ4v) is 3.48. The molecule has 0 saturated carbocycles. The van der Waals surface area contributed by atoms with E-state index in [1.807, 2.05) is 84.9 Å². The number of nitriles is 1. The number of hydrogen-bond acceptors (Lipinski definition) is 3. The van der Waals surface area contributed by atoms with Crippen LogP contribution in [0.2, 0.25) is 0 Å². The Kier molecular flexibility index (Phi) is 6.60. The molecule has 0 bridgehead atoms. The van der Waals surface area contributed by atoms with Crippen LogP contribution in [0.1, 0.15) is 16.7 Å². The number of nitrogens with one attached hydrogen (secondary N) is 1. The van der Waals surface area contributed by atoms with E-state index in [1.54, 1.807) is 6.08 Å². The largest absolute Gasteiger partial charge is 0.488 e. The van der Waals surface area contributed by atoms with Crippen LogP contribution in [-0.2, 0) is 17.9 Å². The monoisotopic (exact) mass is 418 g/mol. The van der Waals surface area contributed by atoms with Gasteiger partial charge in [0, 0.05) is 12.1 Å². The van der Waals surface area contributed by atoms with E-state index in [9.17, 15) is 10.1 Å². The van der Waals surface area contributed by atoms with Gasteiger partial charge in [0.05, 0.1) is 0 Å². The number of ether oxygens (including phenoxy) is 1. The maximum atomic E-state index is 12.5. The van der Waals surface area contributed by atoms with Gasteiger partial charge in [0.2, 0.25) is 0 Å². The number of rotatable bonds is 7. The molecule has 0 aromatic heterocycles. The molecule has 4 aromatic rings. The molecule has 1 amide bonds. The van der Waals surface area contributed by atoms with Gasteiger partial charge in [-0.1, -0.05) is 91.0 Å². The van der Waals surface area contributed by atoms with Gasteiger partial charge >= 0.3 is 0 Å². The highest BCUT2D eigenvalue weighted by atomic mass is 16.5. The SMILES string of the molecule is N#C/C(=C/c1ccccc1OCc1cccc2ccccc12)C(=O)NCc1ccccc1. The third-order valence-electron chi connectivity index (χ3n) is 5.14. The van der Waals surface area contributed by atoms with Gasteiger partial charge in [0.1, 0.15) is 24.0 Å². The standard InChI is InChI=1S/C28H22N2O2/c29-18-25(28(31)30-19-21-9-2-1-3-10-21)17-23-12-5-7-16-27(23)32-20-24-14-8-13-22-11-4-6-15-26(22)24/h1-17H,19-20H2,(H,30,31)/b25-17-. The third-order valence-corrected chi connectivity index (χ3v) is 5.14. The molecule has 0 spiro atoms. The average molecular weight is 418 g/mol. The molecule has 0 aliphatic heterocycles. The van der Waals surface area contributed by atoms with Crippen molar-refractivity contribution in [2.75, 3.05) is 0 Å². The summed E-state index contributed by atoms with van der Waals surface area (Å²) in [6.07, 6.45) is 1.57. The fourth-order valence-electron chi connectivity index (χ4n) is 3.48. The van der Waals surface area contributed by atoms with Gasteiger partial charge < -0.3 is 10.1 Å². The van der Waals surface area contributed by atoms with E-state index >= 15 is 0 Å². The van der Waals surface area contributed by atoms with E-state index in [4.69, 9.17) is 4.74 Å². The first-order chi connectivity index (χ1) is 15.7. The summed E-state index contributed by atoms with van der Waals surface area (Å²) in [5, 5.41) is 14.6. The molecule has 4 rings (SSSR count). The number of hydrogen-bond donors (Lipinski definition) is 1. The highest BCUT2D eigenvalue weighted by Gasteiger charge is 2.11. The van der Waals surface area contributed by atoms with E-state index in [2.05, 4.69) is 23.5 Å². The summed E-state index contributed by atoms with van der Waals surface area (Å²) in [5.41, 5.74) is 2.75. The molecule has 156 valence electrons. The van der Waals surface area contributed by atoms with Gasteiger partial charge in [-0.3, -0.25) is 4.79 Å². The molecule has 0 aliphatic carbocycles. The maximum Gasteiger partial charge on any atom is 0.262 e.